The number of thioether (sulfide) groups is 1. The Morgan fingerprint density at radius 1 is 1.40 bits per heavy atom. The molecule has 0 radical (unpaired) electrons. The van der Waals surface area contributed by atoms with Crippen LogP contribution in [0.5, 0.6) is 0 Å². The molecule has 0 amide bonds. The van der Waals surface area contributed by atoms with Crippen molar-refractivity contribution >= 4 is 28.5 Å². The van der Waals surface area contributed by atoms with Crippen LogP contribution in [0, 0.1) is 10.1 Å². The number of nitro benzene ring substituents is 1. The van der Waals surface area contributed by atoms with E-state index in [-0.39, 0.29) is 5.69 Å². The van der Waals surface area contributed by atoms with E-state index >= 15 is 0 Å². The van der Waals surface area contributed by atoms with Crippen molar-refractivity contribution in [3.8, 4) is 0 Å². The molecular formula is C13H14N4O2S. The fourth-order valence-electron chi connectivity index (χ4n) is 2.24. The highest BCUT2D eigenvalue weighted by Gasteiger charge is 2.15. The lowest BCUT2D eigenvalue weighted by Crippen LogP contribution is -2.31. The number of nitro groups is 1. The van der Waals surface area contributed by atoms with Crippen LogP contribution < -0.4 is 5.32 Å². The molecule has 2 aromatic rings. The van der Waals surface area contributed by atoms with Crippen molar-refractivity contribution in [2.45, 2.75) is 23.1 Å². The zero-order valence-corrected chi connectivity index (χ0v) is 11.6. The lowest BCUT2D eigenvalue weighted by atomic mass is 10.2. The maximum Gasteiger partial charge on any atom is 0.271 e. The highest BCUT2D eigenvalue weighted by molar-refractivity contribution is 7.99. The summed E-state index contributed by atoms with van der Waals surface area (Å²) in [6.45, 7) is 2.08. The average molecular weight is 290 g/mol. The minimum atomic E-state index is -0.419. The quantitative estimate of drug-likeness (QED) is 0.690. The first-order chi connectivity index (χ1) is 9.72. The molecule has 1 atom stereocenters. The van der Waals surface area contributed by atoms with E-state index in [0.29, 0.717) is 16.3 Å². The summed E-state index contributed by atoms with van der Waals surface area (Å²) >= 11 is 1.72. The van der Waals surface area contributed by atoms with Crippen LogP contribution in [-0.4, -0.2) is 33.2 Å². The number of fused-ring (bicyclic) bond motifs is 1. The van der Waals surface area contributed by atoms with Gasteiger partial charge in [0, 0.05) is 23.9 Å². The number of non-ortho nitro benzene ring substituents is 1. The van der Waals surface area contributed by atoms with Gasteiger partial charge >= 0.3 is 0 Å². The summed E-state index contributed by atoms with van der Waals surface area (Å²) < 4.78 is 0. The monoisotopic (exact) mass is 290 g/mol. The second-order valence-corrected chi connectivity index (χ2v) is 6.05. The van der Waals surface area contributed by atoms with Gasteiger partial charge in [0.15, 0.2) is 0 Å². The SMILES string of the molecule is O=[N+]([O-])c1ccc2nc(SC3CCCNC3)cnc2c1. The van der Waals surface area contributed by atoms with Crippen molar-refractivity contribution in [2.75, 3.05) is 13.1 Å². The van der Waals surface area contributed by atoms with Gasteiger partial charge in [-0.3, -0.25) is 15.1 Å². The molecule has 1 aromatic carbocycles. The molecule has 1 fully saturated rings. The third kappa shape index (κ3) is 2.88. The van der Waals surface area contributed by atoms with Gasteiger partial charge in [-0.05, 0) is 25.5 Å². The molecule has 20 heavy (non-hydrogen) atoms. The van der Waals surface area contributed by atoms with Crippen LogP contribution in [-0.2, 0) is 0 Å². The van der Waals surface area contributed by atoms with Crippen LogP contribution >= 0.6 is 11.8 Å². The molecule has 1 N–H and O–H groups in total. The summed E-state index contributed by atoms with van der Waals surface area (Å²) in [4.78, 5) is 19.1. The zero-order valence-electron chi connectivity index (χ0n) is 10.8. The molecule has 0 spiro atoms. The molecule has 3 rings (SSSR count). The maximum atomic E-state index is 10.7. The minimum absolute atomic E-state index is 0.0451. The van der Waals surface area contributed by atoms with Gasteiger partial charge < -0.3 is 5.32 Å². The number of hydrogen-bond donors (Lipinski definition) is 1. The number of hydrogen-bond acceptors (Lipinski definition) is 6. The van der Waals surface area contributed by atoms with E-state index in [1.54, 1.807) is 24.0 Å². The van der Waals surface area contributed by atoms with Crippen LogP contribution in [0.4, 0.5) is 5.69 Å². The Kier molecular flexibility index (Phi) is 3.79. The maximum absolute atomic E-state index is 10.7. The smallest absolute Gasteiger partial charge is 0.271 e. The lowest BCUT2D eigenvalue weighted by molar-refractivity contribution is -0.384. The largest absolute Gasteiger partial charge is 0.316 e. The first-order valence-electron chi connectivity index (χ1n) is 6.51. The topological polar surface area (TPSA) is 81.0 Å². The van der Waals surface area contributed by atoms with Gasteiger partial charge in [0.05, 0.1) is 22.2 Å². The predicted molar refractivity (Wildman–Crippen MR) is 77.9 cm³/mol. The summed E-state index contributed by atoms with van der Waals surface area (Å²) in [5, 5.41) is 15.5. The number of rotatable bonds is 3. The molecule has 1 unspecified atom stereocenters. The normalized spacial score (nSPS) is 19.1. The number of aromatic nitrogens is 2. The van der Waals surface area contributed by atoms with Crippen molar-refractivity contribution in [3.63, 3.8) is 0 Å². The summed E-state index contributed by atoms with van der Waals surface area (Å²) in [7, 11) is 0. The van der Waals surface area contributed by atoms with E-state index in [9.17, 15) is 10.1 Å². The van der Waals surface area contributed by atoms with Gasteiger partial charge in [-0.1, -0.05) is 0 Å². The standard InChI is InChI=1S/C13H14N4O2S/c18-17(19)9-3-4-11-12(6-9)15-8-13(16-11)20-10-2-1-5-14-7-10/h3-4,6,8,10,14H,1-2,5,7H2. The molecule has 0 aliphatic carbocycles. The molecule has 104 valence electrons. The first-order valence-corrected chi connectivity index (χ1v) is 7.39. The van der Waals surface area contributed by atoms with Crippen LogP contribution in [0.15, 0.2) is 29.4 Å². The zero-order chi connectivity index (χ0) is 13.9. The van der Waals surface area contributed by atoms with Gasteiger partial charge in [-0.15, -0.1) is 11.8 Å². The molecule has 0 bridgehead atoms. The number of benzene rings is 1. The Morgan fingerprint density at radius 2 is 2.30 bits per heavy atom. The van der Waals surface area contributed by atoms with Crippen molar-refractivity contribution in [2.24, 2.45) is 0 Å². The van der Waals surface area contributed by atoms with Crippen molar-refractivity contribution in [3.05, 3.63) is 34.5 Å². The van der Waals surface area contributed by atoms with E-state index in [0.717, 1.165) is 18.1 Å². The van der Waals surface area contributed by atoms with Crippen LogP contribution in [0.3, 0.4) is 0 Å². The molecule has 7 heteroatoms. The minimum Gasteiger partial charge on any atom is -0.316 e. The number of nitrogens with one attached hydrogen (secondary N) is 1. The Bertz CT molecular complexity index is 643. The first kappa shape index (κ1) is 13.3. The van der Waals surface area contributed by atoms with Gasteiger partial charge in [0.25, 0.3) is 5.69 Å². The van der Waals surface area contributed by atoms with Gasteiger partial charge in [0.1, 0.15) is 5.03 Å². The Labute approximate surface area is 120 Å². The van der Waals surface area contributed by atoms with Crippen molar-refractivity contribution in [1.82, 2.24) is 15.3 Å². The van der Waals surface area contributed by atoms with E-state index in [1.165, 1.54) is 25.0 Å². The van der Waals surface area contributed by atoms with Crippen LogP contribution in [0.1, 0.15) is 12.8 Å². The highest BCUT2D eigenvalue weighted by Crippen LogP contribution is 2.27. The van der Waals surface area contributed by atoms with Crippen LogP contribution in [0.25, 0.3) is 11.0 Å². The van der Waals surface area contributed by atoms with E-state index in [1.807, 2.05) is 0 Å². The average Bonchev–Trinajstić information content (AvgIpc) is 2.47. The molecular weight excluding hydrogens is 276 g/mol. The summed E-state index contributed by atoms with van der Waals surface area (Å²) in [5.41, 5.74) is 1.30. The van der Waals surface area contributed by atoms with E-state index in [4.69, 9.17) is 0 Å². The Balaban J connectivity index is 1.83. The molecule has 2 heterocycles. The molecule has 0 saturated carbocycles. The van der Waals surface area contributed by atoms with Crippen LogP contribution in [0.2, 0.25) is 0 Å². The number of nitrogens with zero attached hydrogens (tertiary/aromatic N) is 3. The fourth-order valence-corrected chi connectivity index (χ4v) is 3.34. The Morgan fingerprint density at radius 3 is 3.05 bits per heavy atom. The predicted octanol–water partition coefficient (Wildman–Crippen LogP) is 2.38. The summed E-state index contributed by atoms with van der Waals surface area (Å²) in [6, 6.07) is 4.58. The van der Waals surface area contributed by atoms with Gasteiger partial charge in [-0.2, -0.15) is 0 Å². The number of piperidine rings is 1. The summed E-state index contributed by atoms with van der Waals surface area (Å²) in [6.07, 6.45) is 4.06. The third-order valence-corrected chi connectivity index (χ3v) is 4.43. The highest BCUT2D eigenvalue weighted by atomic mass is 32.2. The van der Waals surface area contributed by atoms with E-state index < -0.39 is 4.92 Å². The molecule has 1 aliphatic rings. The van der Waals surface area contributed by atoms with Crippen molar-refractivity contribution < 1.29 is 4.92 Å². The molecule has 1 saturated heterocycles. The van der Waals surface area contributed by atoms with Gasteiger partial charge in [-0.25, -0.2) is 4.98 Å². The molecule has 1 aliphatic heterocycles. The molecule has 6 nitrogen and oxygen atoms in total. The second kappa shape index (κ2) is 5.72. The molecule has 1 aromatic heterocycles. The third-order valence-electron chi connectivity index (χ3n) is 3.25. The second-order valence-electron chi connectivity index (χ2n) is 4.72. The van der Waals surface area contributed by atoms with Crippen molar-refractivity contribution in [1.29, 1.82) is 0 Å². The van der Waals surface area contributed by atoms with E-state index in [2.05, 4.69) is 15.3 Å². The van der Waals surface area contributed by atoms with Gasteiger partial charge in [0.2, 0.25) is 0 Å². The fraction of sp³-hybridized carbons (Fsp3) is 0.385. The lowest BCUT2D eigenvalue weighted by Gasteiger charge is -2.21. The summed E-state index contributed by atoms with van der Waals surface area (Å²) in [5.74, 6) is 0. The Hall–Kier alpha value is -1.73.